The summed E-state index contributed by atoms with van der Waals surface area (Å²) < 4.78 is 5.46. The molecular formula is C13H22N2O4. The topological polar surface area (TPSA) is 84.5 Å². The van der Waals surface area contributed by atoms with E-state index in [0.717, 1.165) is 0 Å². The van der Waals surface area contributed by atoms with E-state index in [4.69, 9.17) is 4.74 Å². The molecule has 1 heterocycles. The highest BCUT2D eigenvalue weighted by molar-refractivity contribution is 6.19. The van der Waals surface area contributed by atoms with E-state index in [1.54, 1.807) is 13.8 Å². The molecule has 0 radical (unpaired) electrons. The predicted molar refractivity (Wildman–Crippen MR) is 69.3 cm³/mol. The lowest BCUT2D eigenvalue weighted by Gasteiger charge is -2.38. The van der Waals surface area contributed by atoms with Gasteiger partial charge in [0.2, 0.25) is 11.8 Å². The van der Waals surface area contributed by atoms with Crippen molar-refractivity contribution in [1.29, 1.82) is 0 Å². The lowest BCUT2D eigenvalue weighted by molar-refractivity contribution is -0.156. The largest absolute Gasteiger partial charge is 0.377 e. The highest BCUT2D eigenvalue weighted by atomic mass is 16.5. The van der Waals surface area contributed by atoms with Crippen LogP contribution < -0.4 is 10.6 Å². The van der Waals surface area contributed by atoms with Gasteiger partial charge < -0.3 is 4.74 Å². The van der Waals surface area contributed by atoms with Crippen molar-refractivity contribution in [1.82, 2.24) is 10.6 Å². The summed E-state index contributed by atoms with van der Waals surface area (Å²) in [6, 6.07) is -0.765. The summed E-state index contributed by atoms with van der Waals surface area (Å²) in [6.45, 7) is 7.93. The zero-order valence-electron chi connectivity index (χ0n) is 11.9. The Hall–Kier alpha value is -1.43. The Balaban J connectivity index is 3.05. The Morgan fingerprint density at radius 2 is 1.63 bits per heavy atom. The zero-order valence-corrected chi connectivity index (χ0v) is 11.9. The molecule has 0 saturated carbocycles. The van der Waals surface area contributed by atoms with Crippen molar-refractivity contribution in [3.8, 4) is 0 Å². The average Bonchev–Trinajstić information content (AvgIpc) is 2.28. The van der Waals surface area contributed by atoms with Crippen LogP contribution in [0.5, 0.6) is 0 Å². The molecule has 1 aliphatic heterocycles. The molecule has 4 amide bonds. The smallest absolute Gasteiger partial charge is 0.328 e. The lowest BCUT2D eigenvalue weighted by Crippen LogP contribution is -2.66. The first-order valence-electron chi connectivity index (χ1n) is 6.63. The Kier molecular flexibility index (Phi) is 5.05. The molecule has 0 aliphatic carbocycles. The number of nitrogens with one attached hydrogen (secondary N) is 2. The Bertz CT molecular complexity index is 359. The third-order valence-electron chi connectivity index (χ3n) is 3.49. The second-order valence-electron chi connectivity index (χ2n) is 5.24. The maximum absolute atomic E-state index is 12.2. The van der Waals surface area contributed by atoms with Crippen LogP contribution in [0.25, 0.3) is 0 Å². The van der Waals surface area contributed by atoms with Gasteiger partial charge in [-0.15, -0.1) is 0 Å². The molecule has 6 heteroatoms. The summed E-state index contributed by atoms with van der Waals surface area (Å²) in [5.41, 5.74) is -1.33. The fraction of sp³-hybridized carbons (Fsp3) is 0.769. The SMILES string of the molecule is CCOC(C)C1(CCC(C)C)C(=O)NC(=O)NC1=O. The van der Waals surface area contributed by atoms with Crippen LogP contribution in [-0.2, 0) is 14.3 Å². The standard InChI is InChI=1S/C13H22N2O4/c1-5-19-9(4)13(7-6-8(2)3)10(16)14-12(18)15-11(13)17/h8-9H,5-7H2,1-4H3,(H2,14,15,16,17,18). The molecule has 0 bridgehead atoms. The van der Waals surface area contributed by atoms with E-state index in [2.05, 4.69) is 10.6 Å². The molecule has 19 heavy (non-hydrogen) atoms. The van der Waals surface area contributed by atoms with Crippen LogP contribution in [0.4, 0.5) is 4.79 Å². The van der Waals surface area contributed by atoms with E-state index in [-0.39, 0.29) is 0 Å². The number of hydrogen-bond acceptors (Lipinski definition) is 4. The van der Waals surface area contributed by atoms with Crippen molar-refractivity contribution in [2.24, 2.45) is 11.3 Å². The number of amides is 4. The summed E-state index contributed by atoms with van der Waals surface area (Å²) in [7, 11) is 0. The third-order valence-corrected chi connectivity index (χ3v) is 3.49. The Morgan fingerprint density at radius 3 is 2.05 bits per heavy atom. The summed E-state index contributed by atoms with van der Waals surface area (Å²) in [4.78, 5) is 35.6. The number of ether oxygens (including phenoxy) is 1. The van der Waals surface area contributed by atoms with E-state index >= 15 is 0 Å². The van der Waals surface area contributed by atoms with Gasteiger partial charge in [0.15, 0.2) is 5.41 Å². The monoisotopic (exact) mass is 270 g/mol. The van der Waals surface area contributed by atoms with Gasteiger partial charge in [0.25, 0.3) is 0 Å². The number of carbonyl (C=O) groups excluding carboxylic acids is 3. The fourth-order valence-corrected chi connectivity index (χ4v) is 2.27. The summed E-state index contributed by atoms with van der Waals surface area (Å²) in [5, 5.41) is 4.35. The second-order valence-corrected chi connectivity index (χ2v) is 5.24. The van der Waals surface area contributed by atoms with Crippen molar-refractivity contribution in [2.45, 2.75) is 46.6 Å². The van der Waals surface area contributed by atoms with Gasteiger partial charge in [-0.25, -0.2) is 4.79 Å². The third kappa shape index (κ3) is 3.12. The van der Waals surface area contributed by atoms with Crippen molar-refractivity contribution in [2.75, 3.05) is 6.61 Å². The van der Waals surface area contributed by atoms with Crippen LogP contribution in [0.3, 0.4) is 0 Å². The van der Waals surface area contributed by atoms with Crippen molar-refractivity contribution >= 4 is 17.8 Å². The minimum Gasteiger partial charge on any atom is -0.377 e. The molecule has 2 N–H and O–H groups in total. The first kappa shape index (κ1) is 15.6. The molecule has 1 atom stereocenters. The van der Waals surface area contributed by atoms with E-state index in [9.17, 15) is 14.4 Å². The van der Waals surface area contributed by atoms with Gasteiger partial charge in [0, 0.05) is 6.61 Å². The molecule has 6 nitrogen and oxygen atoms in total. The lowest BCUT2D eigenvalue weighted by atomic mass is 9.74. The minimum absolute atomic E-state index is 0.351. The maximum atomic E-state index is 12.2. The van der Waals surface area contributed by atoms with Gasteiger partial charge in [-0.05, 0) is 32.6 Å². The molecule has 1 aliphatic rings. The van der Waals surface area contributed by atoms with Crippen LogP contribution in [0.15, 0.2) is 0 Å². The second kappa shape index (κ2) is 6.14. The average molecular weight is 270 g/mol. The van der Waals surface area contributed by atoms with Gasteiger partial charge in [-0.3, -0.25) is 20.2 Å². The first-order valence-corrected chi connectivity index (χ1v) is 6.63. The van der Waals surface area contributed by atoms with E-state index in [1.807, 2.05) is 13.8 Å². The van der Waals surface area contributed by atoms with E-state index < -0.39 is 29.4 Å². The zero-order chi connectivity index (χ0) is 14.6. The number of rotatable bonds is 6. The van der Waals surface area contributed by atoms with Crippen LogP contribution >= 0.6 is 0 Å². The van der Waals surface area contributed by atoms with Crippen molar-refractivity contribution < 1.29 is 19.1 Å². The first-order chi connectivity index (χ1) is 8.84. The number of carbonyl (C=O) groups is 3. The van der Waals surface area contributed by atoms with Gasteiger partial charge in [0.1, 0.15) is 0 Å². The van der Waals surface area contributed by atoms with Gasteiger partial charge in [-0.2, -0.15) is 0 Å². The summed E-state index contributed by atoms with van der Waals surface area (Å²) >= 11 is 0. The highest BCUT2D eigenvalue weighted by Crippen LogP contribution is 2.34. The van der Waals surface area contributed by atoms with Crippen LogP contribution in [-0.4, -0.2) is 30.6 Å². The van der Waals surface area contributed by atoms with Crippen molar-refractivity contribution in [3.05, 3.63) is 0 Å². The highest BCUT2D eigenvalue weighted by Gasteiger charge is 2.54. The van der Waals surface area contributed by atoms with Crippen LogP contribution in [0, 0.1) is 11.3 Å². The van der Waals surface area contributed by atoms with Gasteiger partial charge in [-0.1, -0.05) is 13.8 Å². The normalized spacial score (nSPS) is 20.2. The predicted octanol–water partition coefficient (Wildman–Crippen LogP) is 1.20. The molecule has 0 aromatic rings. The minimum atomic E-state index is -1.33. The molecule has 1 saturated heterocycles. The van der Waals surface area contributed by atoms with E-state index in [1.165, 1.54) is 0 Å². The number of hydrogen-bond donors (Lipinski definition) is 2. The summed E-state index contributed by atoms with van der Waals surface area (Å²) in [5.74, 6) is -0.783. The molecule has 1 fully saturated rings. The molecule has 0 aromatic carbocycles. The quantitative estimate of drug-likeness (QED) is 0.710. The molecule has 1 unspecified atom stereocenters. The fourth-order valence-electron chi connectivity index (χ4n) is 2.27. The number of barbiturate groups is 1. The molecule has 108 valence electrons. The van der Waals surface area contributed by atoms with E-state index in [0.29, 0.717) is 25.4 Å². The Morgan fingerprint density at radius 1 is 1.11 bits per heavy atom. The molecule has 0 aromatic heterocycles. The van der Waals surface area contributed by atoms with Crippen LogP contribution in [0.2, 0.25) is 0 Å². The molecule has 1 rings (SSSR count). The summed E-state index contributed by atoms with van der Waals surface area (Å²) in [6.07, 6.45) is 0.479. The molecular weight excluding hydrogens is 248 g/mol. The van der Waals surface area contributed by atoms with Gasteiger partial charge in [0.05, 0.1) is 6.10 Å². The Labute approximate surface area is 113 Å². The number of imide groups is 2. The number of urea groups is 1. The van der Waals surface area contributed by atoms with Gasteiger partial charge >= 0.3 is 6.03 Å². The van der Waals surface area contributed by atoms with Crippen molar-refractivity contribution in [3.63, 3.8) is 0 Å². The molecule has 0 spiro atoms. The maximum Gasteiger partial charge on any atom is 0.328 e. The van der Waals surface area contributed by atoms with Crippen LogP contribution in [0.1, 0.15) is 40.5 Å².